The second kappa shape index (κ2) is 5.79. The highest BCUT2D eigenvalue weighted by atomic mass is 28.4. The van der Waals surface area contributed by atoms with Crippen molar-refractivity contribution in [3.05, 3.63) is 12.3 Å². The lowest BCUT2D eigenvalue weighted by Crippen LogP contribution is -2.42. The molecular formula is C11H24O3Si2. The van der Waals surface area contributed by atoms with Crippen LogP contribution in [0.2, 0.25) is 38.8 Å². The van der Waals surface area contributed by atoms with E-state index in [0.717, 1.165) is 6.04 Å². The minimum Gasteiger partial charge on any atom is -0.456 e. The van der Waals surface area contributed by atoms with Gasteiger partial charge < -0.3 is 8.85 Å². The molecule has 94 valence electrons. The lowest BCUT2D eigenvalue weighted by atomic mass is 10.5. The molecule has 0 rings (SSSR count). The molecule has 0 saturated heterocycles. The van der Waals surface area contributed by atoms with Gasteiger partial charge in [0.2, 0.25) is 0 Å². The van der Waals surface area contributed by atoms with E-state index < -0.39 is 16.6 Å². The molecular weight excluding hydrogens is 236 g/mol. The summed E-state index contributed by atoms with van der Waals surface area (Å²) in [6.45, 7) is 16.1. The Morgan fingerprint density at radius 3 is 2.06 bits per heavy atom. The molecule has 0 N–H and O–H groups in total. The van der Waals surface area contributed by atoms with Gasteiger partial charge in [-0.25, -0.2) is 0 Å². The Kier molecular flexibility index (Phi) is 5.65. The molecule has 3 nitrogen and oxygen atoms in total. The van der Waals surface area contributed by atoms with Crippen molar-refractivity contribution in [3.63, 3.8) is 0 Å². The average molecular weight is 260 g/mol. The van der Waals surface area contributed by atoms with E-state index in [2.05, 4.69) is 39.3 Å². The maximum atomic E-state index is 11.4. The van der Waals surface area contributed by atoms with Crippen LogP contribution >= 0.6 is 0 Å². The first-order valence-electron chi connectivity index (χ1n) is 5.58. The van der Waals surface area contributed by atoms with E-state index in [0.29, 0.717) is 12.2 Å². The Labute approximate surface area is 101 Å². The largest absolute Gasteiger partial charge is 0.456 e. The van der Waals surface area contributed by atoms with Gasteiger partial charge in [-0.2, -0.15) is 0 Å². The van der Waals surface area contributed by atoms with Crippen molar-refractivity contribution in [2.75, 3.05) is 0 Å². The molecule has 0 heterocycles. The zero-order chi connectivity index (χ0) is 13.0. The van der Waals surface area contributed by atoms with Crippen LogP contribution in [0.5, 0.6) is 0 Å². The standard InChI is InChI=1S/C11H24O3Si2/c1-10(2)13-11(12)8-9-16(6,7)14-15(3,4)5/h1,8-9H2,2-7H3. The SMILES string of the molecule is C=C(C)OC(=O)CC[Si](C)(C)O[Si](C)(C)C. The molecule has 0 aliphatic carbocycles. The Hall–Kier alpha value is -0.396. The van der Waals surface area contributed by atoms with E-state index >= 15 is 0 Å². The van der Waals surface area contributed by atoms with Crippen molar-refractivity contribution in [2.45, 2.75) is 52.1 Å². The number of ether oxygens (including phenoxy) is 1. The van der Waals surface area contributed by atoms with Crippen molar-refractivity contribution in [1.82, 2.24) is 0 Å². The molecule has 0 atom stereocenters. The number of carbonyl (C=O) groups is 1. The molecule has 0 aromatic carbocycles. The number of allylic oxidation sites excluding steroid dienone is 1. The highest BCUT2D eigenvalue weighted by Gasteiger charge is 2.30. The van der Waals surface area contributed by atoms with Crippen LogP contribution in [0.25, 0.3) is 0 Å². The zero-order valence-electron chi connectivity index (χ0n) is 11.3. The maximum absolute atomic E-state index is 11.4. The van der Waals surface area contributed by atoms with Crippen LogP contribution < -0.4 is 0 Å². The van der Waals surface area contributed by atoms with E-state index in [1.54, 1.807) is 6.92 Å². The summed E-state index contributed by atoms with van der Waals surface area (Å²) in [6.07, 6.45) is 0.427. The van der Waals surface area contributed by atoms with Crippen LogP contribution in [0.3, 0.4) is 0 Å². The summed E-state index contributed by atoms with van der Waals surface area (Å²) < 4.78 is 11.0. The van der Waals surface area contributed by atoms with Gasteiger partial charge in [0.05, 0.1) is 5.76 Å². The van der Waals surface area contributed by atoms with Crippen molar-refractivity contribution in [2.24, 2.45) is 0 Å². The monoisotopic (exact) mass is 260 g/mol. The fourth-order valence-electron chi connectivity index (χ4n) is 1.53. The fourth-order valence-corrected chi connectivity index (χ4v) is 9.37. The van der Waals surface area contributed by atoms with Crippen LogP contribution in [0.1, 0.15) is 13.3 Å². The highest BCUT2D eigenvalue weighted by molar-refractivity contribution is 6.84. The van der Waals surface area contributed by atoms with Crippen LogP contribution in [-0.2, 0) is 13.6 Å². The molecule has 0 aliphatic rings. The zero-order valence-corrected chi connectivity index (χ0v) is 13.3. The number of hydrogen-bond acceptors (Lipinski definition) is 3. The quantitative estimate of drug-likeness (QED) is 0.416. The highest BCUT2D eigenvalue weighted by Crippen LogP contribution is 2.20. The third kappa shape index (κ3) is 8.88. The molecule has 0 aromatic heterocycles. The number of hydrogen-bond donors (Lipinski definition) is 0. The predicted octanol–water partition coefficient (Wildman–Crippen LogP) is 3.51. The van der Waals surface area contributed by atoms with E-state index in [1.807, 2.05) is 0 Å². The van der Waals surface area contributed by atoms with Gasteiger partial charge in [0, 0.05) is 6.42 Å². The normalized spacial score (nSPS) is 12.4. The third-order valence-corrected chi connectivity index (χ3v) is 7.92. The minimum atomic E-state index is -1.72. The van der Waals surface area contributed by atoms with Gasteiger partial charge in [-0.3, -0.25) is 4.79 Å². The predicted molar refractivity (Wildman–Crippen MR) is 72.2 cm³/mol. The molecule has 0 fully saturated rings. The van der Waals surface area contributed by atoms with Crippen LogP contribution in [0.4, 0.5) is 0 Å². The van der Waals surface area contributed by atoms with Gasteiger partial charge in [-0.1, -0.05) is 6.58 Å². The number of carbonyl (C=O) groups excluding carboxylic acids is 1. The van der Waals surface area contributed by atoms with Gasteiger partial charge in [0.25, 0.3) is 0 Å². The molecule has 0 saturated carbocycles. The van der Waals surface area contributed by atoms with E-state index in [-0.39, 0.29) is 5.97 Å². The average Bonchev–Trinajstić information content (AvgIpc) is 1.95. The first-order chi connectivity index (χ1) is 7.02. The smallest absolute Gasteiger partial charge is 0.310 e. The van der Waals surface area contributed by atoms with Crippen molar-refractivity contribution < 1.29 is 13.6 Å². The van der Waals surface area contributed by atoms with Crippen molar-refractivity contribution in [3.8, 4) is 0 Å². The summed E-state index contributed by atoms with van der Waals surface area (Å²) in [7, 11) is -3.23. The molecule has 5 heteroatoms. The van der Waals surface area contributed by atoms with Crippen LogP contribution in [0.15, 0.2) is 12.3 Å². The summed E-state index contributed by atoms with van der Waals surface area (Å²) >= 11 is 0. The second-order valence-electron chi connectivity index (χ2n) is 5.65. The Bertz CT molecular complexity index is 267. The maximum Gasteiger partial charge on any atom is 0.310 e. The van der Waals surface area contributed by atoms with E-state index in [1.165, 1.54) is 0 Å². The summed E-state index contributed by atoms with van der Waals surface area (Å²) in [6, 6.07) is 0.809. The lowest BCUT2D eigenvalue weighted by Gasteiger charge is -2.31. The van der Waals surface area contributed by atoms with E-state index in [4.69, 9.17) is 8.85 Å². The third-order valence-electron chi connectivity index (χ3n) is 1.80. The first kappa shape index (κ1) is 15.6. The second-order valence-corrected chi connectivity index (χ2v) is 14.7. The summed E-state index contributed by atoms with van der Waals surface area (Å²) in [4.78, 5) is 11.4. The Morgan fingerprint density at radius 2 is 1.69 bits per heavy atom. The molecule has 0 aromatic rings. The lowest BCUT2D eigenvalue weighted by molar-refractivity contribution is -0.138. The Morgan fingerprint density at radius 1 is 1.19 bits per heavy atom. The molecule has 0 bridgehead atoms. The summed E-state index contributed by atoms with van der Waals surface area (Å²) in [5.41, 5.74) is 0. The van der Waals surface area contributed by atoms with Crippen molar-refractivity contribution in [1.29, 1.82) is 0 Å². The summed E-state index contributed by atoms with van der Waals surface area (Å²) in [5.74, 6) is 0.253. The Balaban J connectivity index is 4.08. The molecule has 0 spiro atoms. The molecule has 0 aliphatic heterocycles. The number of rotatable bonds is 6. The van der Waals surface area contributed by atoms with Crippen LogP contribution in [0, 0.1) is 0 Å². The van der Waals surface area contributed by atoms with Crippen molar-refractivity contribution >= 4 is 22.6 Å². The first-order valence-corrected chi connectivity index (χ1v) is 12.1. The minimum absolute atomic E-state index is 0.202. The van der Waals surface area contributed by atoms with Gasteiger partial charge in [-0.05, 0) is 45.7 Å². The molecule has 0 unspecified atom stereocenters. The van der Waals surface area contributed by atoms with Gasteiger partial charge in [0.1, 0.15) is 0 Å². The van der Waals surface area contributed by atoms with E-state index in [9.17, 15) is 4.79 Å². The number of esters is 1. The van der Waals surface area contributed by atoms with Gasteiger partial charge >= 0.3 is 5.97 Å². The topological polar surface area (TPSA) is 35.5 Å². The molecule has 16 heavy (non-hydrogen) atoms. The molecule has 0 amide bonds. The van der Waals surface area contributed by atoms with Gasteiger partial charge in [0.15, 0.2) is 16.6 Å². The fraction of sp³-hybridized carbons (Fsp3) is 0.727. The van der Waals surface area contributed by atoms with Crippen LogP contribution in [-0.4, -0.2) is 22.6 Å². The summed E-state index contributed by atoms with van der Waals surface area (Å²) in [5, 5.41) is 0. The van der Waals surface area contributed by atoms with Gasteiger partial charge in [-0.15, -0.1) is 0 Å². The molecule has 0 radical (unpaired) electrons.